The number of hydrogen-bond acceptors (Lipinski definition) is 3. The lowest BCUT2D eigenvalue weighted by Gasteiger charge is -2.43. The molecule has 2 aliphatic rings. The van der Waals surface area contributed by atoms with Crippen molar-refractivity contribution in [3.05, 3.63) is 35.9 Å². The van der Waals surface area contributed by atoms with Crippen LogP contribution in [0.4, 0.5) is 4.79 Å². The number of likely N-dealkylation sites (tertiary alicyclic amines) is 1. The van der Waals surface area contributed by atoms with Gasteiger partial charge in [0.2, 0.25) is 0 Å². The van der Waals surface area contributed by atoms with Gasteiger partial charge in [0.25, 0.3) is 0 Å². The Labute approximate surface area is 139 Å². The van der Waals surface area contributed by atoms with E-state index >= 15 is 0 Å². The number of fused-ring (bicyclic) bond motifs is 2. The number of amides is 1. The van der Waals surface area contributed by atoms with Crippen LogP contribution < -0.4 is 0 Å². The van der Waals surface area contributed by atoms with Gasteiger partial charge in [-0.2, -0.15) is 0 Å². The third kappa shape index (κ3) is 3.52. The molecule has 0 spiro atoms. The summed E-state index contributed by atoms with van der Waals surface area (Å²) in [6.07, 6.45) is 2.03. The molecule has 2 saturated heterocycles. The topological polar surface area (TPSA) is 32.8 Å². The van der Waals surface area contributed by atoms with Crippen molar-refractivity contribution in [1.29, 1.82) is 0 Å². The maximum Gasteiger partial charge on any atom is 0.410 e. The maximum absolute atomic E-state index is 12.5. The number of nitrogens with zero attached hydrogens (tertiary/aromatic N) is 2. The summed E-state index contributed by atoms with van der Waals surface area (Å²) in [4.78, 5) is 17.0. The molecule has 23 heavy (non-hydrogen) atoms. The first-order chi connectivity index (χ1) is 10.8. The van der Waals surface area contributed by atoms with Gasteiger partial charge in [-0.25, -0.2) is 4.79 Å². The summed E-state index contributed by atoms with van der Waals surface area (Å²) in [5.74, 6) is 0. The van der Waals surface area contributed by atoms with E-state index in [0.29, 0.717) is 6.04 Å². The molecule has 0 N–H and O–H groups in total. The SMILES string of the molecule is C[C@H](c1ccccc1)N1C[C@H]2CC[C@@H](C1)N2C(=O)OC(C)(C)C. The van der Waals surface area contributed by atoms with Crippen molar-refractivity contribution in [2.75, 3.05) is 13.1 Å². The van der Waals surface area contributed by atoms with Crippen LogP contribution in [0.15, 0.2) is 30.3 Å². The first-order valence-corrected chi connectivity index (χ1v) is 8.65. The highest BCUT2D eigenvalue weighted by Crippen LogP contribution is 2.35. The molecule has 4 heteroatoms. The molecule has 2 bridgehead atoms. The van der Waals surface area contributed by atoms with Crippen molar-refractivity contribution < 1.29 is 9.53 Å². The Morgan fingerprint density at radius 1 is 1.13 bits per heavy atom. The van der Waals surface area contributed by atoms with Crippen molar-refractivity contribution in [2.24, 2.45) is 0 Å². The zero-order chi connectivity index (χ0) is 16.6. The summed E-state index contributed by atoms with van der Waals surface area (Å²) < 4.78 is 5.61. The molecule has 2 fully saturated rings. The van der Waals surface area contributed by atoms with E-state index in [4.69, 9.17) is 4.74 Å². The molecule has 2 aliphatic heterocycles. The van der Waals surface area contributed by atoms with E-state index in [2.05, 4.69) is 42.2 Å². The third-order valence-electron chi connectivity index (χ3n) is 4.94. The molecule has 1 amide bonds. The summed E-state index contributed by atoms with van der Waals surface area (Å²) in [6.45, 7) is 9.93. The summed E-state index contributed by atoms with van der Waals surface area (Å²) in [5, 5.41) is 0. The minimum absolute atomic E-state index is 0.142. The average Bonchev–Trinajstić information content (AvgIpc) is 2.76. The lowest BCUT2D eigenvalue weighted by molar-refractivity contribution is -0.00993. The molecular weight excluding hydrogens is 288 g/mol. The zero-order valence-corrected chi connectivity index (χ0v) is 14.7. The molecule has 0 unspecified atom stereocenters. The Morgan fingerprint density at radius 3 is 2.22 bits per heavy atom. The van der Waals surface area contributed by atoms with E-state index in [9.17, 15) is 4.79 Å². The van der Waals surface area contributed by atoms with E-state index < -0.39 is 5.60 Å². The highest BCUT2D eigenvalue weighted by Gasteiger charge is 2.45. The summed E-state index contributed by atoms with van der Waals surface area (Å²) in [5.41, 5.74) is 0.919. The number of piperazine rings is 1. The standard InChI is InChI=1S/C19H28N2O2/c1-14(15-8-6-5-7-9-15)20-12-16-10-11-17(13-20)21(16)18(22)23-19(2,3)4/h5-9,14,16-17H,10-13H2,1-4H3/t14-,16-,17+/m1/s1. The first-order valence-electron chi connectivity index (χ1n) is 8.65. The van der Waals surface area contributed by atoms with Crippen LogP contribution in [0.3, 0.4) is 0 Å². The predicted molar refractivity (Wildman–Crippen MR) is 91.3 cm³/mol. The molecule has 3 rings (SSSR count). The molecule has 3 atom stereocenters. The number of carbonyl (C=O) groups is 1. The minimum atomic E-state index is -0.426. The van der Waals surface area contributed by atoms with Crippen LogP contribution in [0.2, 0.25) is 0 Å². The van der Waals surface area contributed by atoms with Crippen LogP contribution in [0.1, 0.15) is 52.1 Å². The van der Waals surface area contributed by atoms with Crippen LogP contribution in [0, 0.1) is 0 Å². The second kappa shape index (κ2) is 6.16. The van der Waals surface area contributed by atoms with Crippen molar-refractivity contribution in [3.63, 3.8) is 0 Å². The molecule has 0 radical (unpaired) electrons. The number of hydrogen-bond donors (Lipinski definition) is 0. The van der Waals surface area contributed by atoms with Gasteiger partial charge in [-0.15, -0.1) is 0 Å². The van der Waals surface area contributed by atoms with Crippen molar-refractivity contribution in [2.45, 2.75) is 64.3 Å². The maximum atomic E-state index is 12.5. The van der Waals surface area contributed by atoms with Crippen LogP contribution >= 0.6 is 0 Å². The Hall–Kier alpha value is -1.55. The van der Waals surface area contributed by atoms with E-state index in [1.54, 1.807) is 0 Å². The van der Waals surface area contributed by atoms with Gasteiger partial charge in [0.1, 0.15) is 5.60 Å². The largest absolute Gasteiger partial charge is 0.444 e. The molecule has 1 aromatic rings. The van der Waals surface area contributed by atoms with Gasteiger partial charge in [-0.1, -0.05) is 30.3 Å². The van der Waals surface area contributed by atoms with Crippen LogP contribution in [-0.4, -0.2) is 46.7 Å². The molecule has 4 nitrogen and oxygen atoms in total. The Bertz CT molecular complexity index is 538. The number of ether oxygens (including phenoxy) is 1. The predicted octanol–water partition coefficient (Wildman–Crippen LogP) is 3.83. The normalized spacial score (nSPS) is 26.2. The highest BCUT2D eigenvalue weighted by molar-refractivity contribution is 5.69. The average molecular weight is 316 g/mol. The number of benzene rings is 1. The quantitative estimate of drug-likeness (QED) is 0.831. The zero-order valence-electron chi connectivity index (χ0n) is 14.7. The second-order valence-corrected chi connectivity index (χ2v) is 7.81. The van der Waals surface area contributed by atoms with E-state index in [0.717, 1.165) is 25.9 Å². The van der Waals surface area contributed by atoms with Gasteiger partial charge in [-0.3, -0.25) is 9.80 Å². The minimum Gasteiger partial charge on any atom is -0.444 e. The van der Waals surface area contributed by atoms with Crippen molar-refractivity contribution in [1.82, 2.24) is 9.80 Å². The fourth-order valence-corrected chi connectivity index (χ4v) is 3.81. The lowest BCUT2D eigenvalue weighted by atomic mass is 10.0. The Morgan fingerprint density at radius 2 is 1.70 bits per heavy atom. The second-order valence-electron chi connectivity index (χ2n) is 7.81. The van der Waals surface area contributed by atoms with Gasteiger partial charge >= 0.3 is 6.09 Å². The third-order valence-corrected chi connectivity index (χ3v) is 4.94. The van der Waals surface area contributed by atoms with Crippen LogP contribution in [0.25, 0.3) is 0 Å². The first kappa shape index (κ1) is 16.3. The Balaban J connectivity index is 1.68. The van der Waals surface area contributed by atoms with E-state index in [1.807, 2.05) is 25.7 Å². The molecule has 1 aromatic carbocycles. The van der Waals surface area contributed by atoms with E-state index in [-0.39, 0.29) is 18.2 Å². The fourth-order valence-electron chi connectivity index (χ4n) is 3.81. The lowest BCUT2D eigenvalue weighted by Crippen LogP contribution is -2.56. The summed E-state index contributed by atoms with van der Waals surface area (Å²) in [6, 6.07) is 11.6. The molecule has 0 aliphatic carbocycles. The molecule has 126 valence electrons. The number of rotatable bonds is 2. The fraction of sp³-hybridized carbons (Fsp3) is 0.632. The Kier molecular flexibility index (Phi) is 4.37. The smallest absolute Gasteiger partial charge is 0.410 e. The van der Waals surface area contributed by atoms with Crippen LogP contribution in [-0.2, 0) is 4.74 Å². The molecular formula is C19H28N2O2. The van der Waals surface area contributed by atoms with Gasteiger partial charge in [0, 0.05) is 31.2 Å². The summed E-state index contributed by atoms with van der Waals surface area (Å²) >= 11 is 0. The summed E-state index contributed by atoms with van der Waals surface area (Å²) in [7, 11) is 0. The number of carbonyl (C=O) groups excluding carboxylic acids is 1. The van der Waals surface area contributed by atoms with E-state index in [1.165, 1.54) is 5.56 Å². The molecule has 0 saturated carbocycles. The highest BCUT2D eigenvalue weighted by atomic mass is 16.6. The molecule has 0 aromatic heterocycles. The van der Waals surface area contributed by atoms with Crippen LogP contribution in [0.5, 0.6) is 0 Å². The monoisotopic (exact) mass is 316 g/mol. The van der Waals surface area contributed by atoms with Gasteiger partial charge in [0.05, 0.1) is 0 Å². The van der Waals surface area contributed by atoms with Crippen molar-refractivity contribution >= 4 is 6.09 Å². The molecule has 2 heterocycles. The van der Waals surface area contributed by atoms with Gasteiger partial charge in [-0.05, 0) is 46.1 Å². The van der Waals surface area contributed by atoms with Gasteiger partial charge < -0.3 is 4.74 Å². The van der Waals surface area contributed by atoms with Gasteiger partial charge in [0.15, 0.2) is 0 Å². The van der Waals surface area contributed by atoms with Crippen molar-refractivity contribution in [3.8, 4) is 0 Å².